The summed E-state index contributed by atoms with van der Waals surface area (Å²) in [4.78, 5) is 33.7. The lowest BCUT2D eigenvalue weighted by molar-refractivity contribution is -0.139. The van der Waals surface area contributed by atoms with Gasteiger partial charge in [-0.2, -0.15) is 0 Å². The zero-order chi connectivity index (χ0) is 13.8. The van der Waals surface area contributed by atoms with Crippen molar-refractivity contribution in [3.63, 3.8) is 0 Å². The number of fused-ring (bicyclic) bond motifs is 1. The van der Waals surface area contributed by atoms with Crippen LogP contribution in [0.4, 0.5) is 0 Å². The molecule has 1 unspecified atom stereocenters. The van der Waals surface area contributed by atoms with Crippen molar-refractivity contribution in [2.24, 2.45) is 0 Å². The molecule has 9 nitrogen and oxygen atoms in total. The van der Waals surface area contributed by atoms with Gasteiger partial charge in [0.25, 0.3) is 5.56 Å². The van der Waals surface area contributed by atoms with E-state index in [1.807, 2.05) is 0 Å². The molecule has 2 aromatic rings. The van der Waals surface area contributed by atoms with Crippen molar-refractivity contribution in [3.8, 4) is 0 Å². The van der Waals surface area contributed by atoms with Crippen LogP contribution >= 0.6 is 0 Å². The number of rotatable bonds is 1. The van der Waals surface area contributed by atoms with Gasteiger partial charge >= 0.3 is 5.97 Å². The molecule has 1 aliphatic rings. The molecule has 0 spiro atoms. The van der Waals surface area contributed by atoms with Gasteiger partial charge in [-0.25, -0.2) is 9.97 Å². The Morgan fingerprint density at radius 3 is 2.47 bits per heavy atom. The summed E-state index contributed by atoms with van der Waals surface area (Å²) in [6.45, 7) is 0.400. The normalized spacial score (nSPS) is 21.9. The van der Waals surface area contributed by atoms with Gasteiger partial charge in [0.05, 0.1) is 18.8 Å². The second-order valence-corrected chi connectivity index (χ2v) is 4.02. The van der Waals surface area contributed by atoms with Gasteiger partial charge in [0.15, 0.2) is 11.2 Å². The van der Waals surface area contributed by atoms with Crippen LogP contribution in [0.25, 0.3) is 11.2 Å². The molecular weight excluding hydrogens is 254 g/mol. The highest BCUT2D eigenvalue weighted by atomic mass is 16.4. The Labute approximate surface area is 106 Å². The fourth-order valence-corrected chi connectivity index (χ4v) is 1.68. The van der Waals surface area contributed by atoms with E-state index in [0.717, 1.165) is 0 Å². The molecular formula is C10H13N5O4. The maximum Gasteiger partial charge on any atom is 0.320 e. The van der Waals surface area contributed by atoms with Crippen molar-refractivity contribution in [1.82, 2.24) is 25.3 Å². The average Bonchev–Trinajstić information content (AvgIpc) is 2.99. The highest BCUT2D eigenvalue weighted by molar-refractivity contribution is 5.73. The fourth-order valence-electron chi connectivity index (χ4n) is 1.68. The highest BCUT2D eigenvalue weighted by Gasteiger charge is 2.27. The first kappa shape index (κ1) is 13.2. The summed E-state index contributed by atoms with van der Waals surface area (Å²) in [6.07, 6.45) is 2.61. The van der Waals surface area contributed by atoms with E-state index in [1.54, 1.807) is 0 Å². The van der Waals surface area contributed by atoms with Crippen molar-refractivity contribution in [2.75, 3.05) is 6.54 Å². The number of nitrogens with zero attached hydrogens (tertiary/aromatic N) is 2. The predicted octanol–water partition coefficient (Wildman–Crippen LogP) is -1.56. The molecule has 2 aromatic heterocycles. The number of carboxylic acids is 1. The third-order valence-electron chi connectivity index (χ3n) is 2.63. The number of β-amino-alcohol motifs (C(OH)–C–C–N with tert-alkyl or cyclic N) is 1. The number of hydrogen-bond acceptors (Lipinski definition) is 6. The van der Waals surface area contributed by atoms with Crippen molar-refractivity contribution >= 4 is 17.1 Å². The first-order chi connectivity index (χ1) is 9.08. The van der Waals surface area contributed by atoms with Crippen LogP contribution in [0.5, 0.6) is 0 Å². The number of H-pyrrole nitrogens is 2. The molecule has 1 fully saturated rings. The first-order valence-electron chi connectivity index (χ1n) is 5.59. The Morgan fingerprint density at radius 2 is 2.00 bits per heavy atom. The molecule has 19 heavy (non-hydrogen) atoms. The monoisotopic (exact) mass is 267 g/mol. The van der Waals surface area contributed by atoms with E-state index in [0.29, 0.717) is 24.1 Å². The van der Waals surface area contributed by atoms with Gasteiger partial charge in [-0.1, -0.05) is 0 Å². The number of carboxylic acid groups (broad SMARTS) is 1. The Kier molecular flexibility index (Phi) is 3.88. The van der Waals surface area contributed by atoms with Crippen LogP contribution in [0.1, 0.15) is 6.42 Å². The molecule has 0 saturated carbocycles. The number of aromatic nitrogens is 4. The van der Waals surface area contributed by atoms with E-state index in [-0.39, 0.29) is 5.56 Å². The Hall–Kier alpha value is -2.26. The largest absolute Gasteiger partial charge is 0.480 e. The molecule has 1 aliphatic heterocycles. The number of imidazole rings is 1. The molecule has 0 aliphatic carbocycles. The summed E-state index contributed by atoms with van der Waals surface area (Å²) in [7, 11) is 0. The molecule has 0 aromatic carbocycles. The van der Waals surface area contributed by atoms with E-state index >= 15 is 0 Å². The summed E-state index contributed by atoms with van der Waals surface area (Å²) in [5, 5.41) is 19.8. The zero-order valence-electron chi connectivity index (χ0n) is 9.83. The minimum atomic E-state index is -0.883. The van der Waals surface area contributed by atoms with E-state index in [1.165, 1.54) is 12.7 Å². The van der Waals surface area contributed by atoms with Crippen molar-refractivity contribution < 1.29 is 15.0 Å². The molecule has 0 amide bonds. The van der Waals surface area contributed by atoms with E-state index in [2.05, 4.69) is 25.3 Å². The van der Waals surface area contributed by atoms with Crippen molar-refractivity contribution in [1.29, 1.82) is 0 Å². The van der Waals surface area contributed by atoms with Gasteiger partial charge in [0, 0.05) is 13.0 Å². The first-order valence-corrected chi connectivity index (χ1v) is 5.59. The summed E-state index contributed by atoms with van der Waals surface area (Å²) in [5.74, 6) is -0.883. The summed E-state index contributed by atoms with van der Waals surface area (Å²) in [6, 6.07) is -0.542. The maximum absolute atomic E-state index is 10.9. The van der Waals surface area contributed by atoms with Crippen LogP contribution in [0.2, 0.25) is 0 Å². The van der Waals surface area contributed by atoms with E-state index < -0.39 is 18.1 Å². The lowest BCUT2D eigenvalue weighted by atomic mass is 10.2. The third kappa shape index (κ3) is 3.14. The van der Waals surface area contributed by atoms with Gasteiger partial charge in [0.1, 0.15) is 6.04 Å². The molecule has 3 rings (SSSR count). The smallest absolute Gasteiger partial charge is 0.320 e. The molecule has 0 bridgehead atoms. The highest BCUT2D eigenvalue weighted by Crippen LogP contribution is 2.05. The Bertz CT molecular complexity index is 621. The number of aliphatic hydroxyl groups is 1. The average molecular weight is 267 g/mol. The number of aliphatic hydroxyl groups excluding tert-OH is 1. The Balaban J connectivity index is 0.000000141. The molecule has 9 heteroatoms. The van der Waals surface area contributed by atoms with Crippen LogP contribution in [0.15, 0.2) is 17.4 Å². The minimum Gasteiger partial charge on any atom is -0.480 e. The van der Waals surface area contributed by atoms with Gasteiger partial charge < -0.3 is 25.5 Å². The molecule has 102 valence electrons. The Morgan fingerprint density at radius 1 is 1.32 bits per heavy atom. The molecule has 0 radical (unpaired) electrons. The maximum atomic E-state index is 10.9. The molecule has 3 heterocycles. The topological polar surface area (TPSA) is 144 Å². The zero-order valence-corrected chi connectivity index (χ0v) is 9.83. The molecule has 5 N–H and O–H groups in total. The molecule has 1 saturated heterocycles. The van der Waals surface area contributed by atoms with Crippen LogP contribution in [0.3, 0.4) is 0 Å². The summed E-state index contributed by atoms with van der Waals surface area (Å²) in [5.41, 5.74) is 0.675. The van der Waals surface area contributed by atoms with Gasteiger partial charge in [0.2, 0.25) is 0 Å². The second-order valence-electron chi connectivity index (χ2n) is 4.02. The fraction of sp³-hybridized carbons (Fsp3) is 0.400. The lowest BCUT2D eigenvalue weighted by Gasteiger charge is -1.99. The number of aromatic amines is 2. The lowest BCUT2D eigenvalue weighted by Crippen LogP contribution is -2.29. The van der Waals surface area contributed by atoms with Crippen molar-refractivity contribution in [3.05, 3.63) is 23.0 Å². The number of nitrogens with one attached hydrogen (secondary N) is 3. The third-order valence-corrected chi connectivity index (χ3v) is 2.63. The van der Waals surface area contributed by atoms with E-state index in [4.69, 9.17) is 10.2 Å². The predicted molar refractivity (Wildman–Crippen MR) is 64.6 cm³/mol. The van der Waals surface area contributed by atoms with Crippen LogP contribution in [-0.4, -0.2) is 54.8 Å². The van der Waals surface area contributed by atoms with Crippen molar-refractivity contribution in [2.45, 2.75) is 18.6 Å². The standard InChI is InChI=1S/C5H4N4O.C5H9NO3/c10-5-3-4(7-1-6-3)8-2-9-5;7-3-1-4(5(8)9)6-2-3/h1-2H,(H2,6,7,8,9,10);3-4,6-7H,1-2H2,(H,8,9)/t;3?,4-/m.0/s1. The number of carbonyl (C=O) groups is 1. The molecule has 2 atom stereocenters. The summed E-state index contributed by atoms with van der Waals surface area (Å²) >= 11 is 0. The SMILES string of the molecule is O=C(O)[C@@H]1CC(O)CN1.O=c1[nH]cnc2nc[nH]c12. The van der Waals surface area contributed by atoms with Crippen LogP contribution in [0, 0.1) is 0 Å². The van der Waals surface area contributed by atoms with Gasteiger partial charge in [-0.05, 0) is 0 Å². The van der Waals surface area contributed by atoms with E-state index in [9.17, 15) is 9.59 Å². The minimum absolute atomic E-state index is 0.192. The number of aliphatic carboxylic acids is 1. The number of hydrogen-bond donors (Lipinski definition) is 5. The van der Waals surface area contributed by atoms with Crippen LogP contribution in [-0.2, 0) is 4.79 Å². The van der Waals surface area contributed by atoms with Crippen LogP contribution < -0.4 is 10.9 Å². The van der Waals surface area contributed by atoms with Gasteiger partial charge in [-0.3, -0.25) is 9.59 Å². The second kappa shape index (κ2) is 5.59. The van der Waals surface area contributed by atoms with Gasteiger partial charge in [-0.15, -0.1) is 0 Å². The quantitative estimate of drug-likeness (QED) is 0.420. The summed E-state index contributed by atoms with van der Waals surface area (Å²) < 4.78 is 0.